The van der Waals surface area contributed by atoms with Crippen molar-refractivity contribution in [3.63, 3.8) is 0 Å². The first-order chi connectivity index (χ1) is 9.15. The van der Waals surface area contributed by atoms with E-state index < -0.39 is 0 Å². The number of fused-ring (bicyclic) bond motifs is 3. The molecule has 1 heterocycles. The van der Waals surface area contributed by atoms with Gasteiger partial charge in [-0.05, 0) is 31.0 Å². The molecule has 0 saturated heterocycles. The van der Waals surface area contributed by atoms with Gasteiger partial charge in [-0.1, -0.05) is 12.1 Å². The maximum absolute atomic E-state index is 5.51. The Morgan fingerprint density at radius 2 is 1.68 bits per heavy atom. The molecule has 3 aromatic rings. The van der Waals surface area contributed by atoms with E-state index in [9.17, 15) is 0 Å². The second-order valence-electron chi connectivity index (χ2n) is 4.83. The van der Waals surface area contributed by atoms with E-state index in [1.165, 1.54) is 10.8 Å². The fourth-order valence-corrected chi connectivity index (χ4v) is 2.67. The van der Waals surface area contributed by atoms with Gasteiger partial charge in [-0.3, -0.25) is 0 Å². The van der Waals surface area contributed by atoms with E-state index in [0.717, 1.165) is 33.7 Å². The monoisotopic (exact) mass is 255 g/mol. The summed E-state index contributed by atoms with van der Waals surface area (Å²) < 4.78 is 10.9. The number of hydrogen-bond acceptors (Lipinski definition) is 2. The van der Waals surface area contributed by atoms with Crippen molar-refractivity contribution in [1.82, 2.24) is 4.98 Å². The molecule has 98 valence electrons. The molecule has 3 rings (SSSR count). The predicted octanol–water partition coefficient (Wildman–Crippen LogP) is 3.96. The molecule has 0 amide bonds. The molecule has 19 heavy (non-hydrogen) atoms. The molecular formula is C16H17NO2. The summed E-state index contributed by atoms with van der Waals surface area (Å²) in [5, 5.41) is 2.38. The number of aromatic nitrogens is 1. The number of benzene rings is 2. The van der Waals surface area contributed by atoms with Gasteiger partial charge in [0.05, 0.1) is 25.3 Å². The quantitative estimate of drug-likeness (QED) is 0.752. The lowest BCUT2D eigenvalue weighted by molar-refractivity contribution is 0.412. The summed E-state index contributed by atoms with van der Waals surface area (Å²) in [5.74, 6) is 1.81. The van der Waals surface area contributed by atoms with E-state index in [1.807, 2.05) is 6.07 Å². The molecule has 0 fully saturated rings. The SMILES string of the molecule is COc1cc2[nH]c3c(OC)c(C)ccc3c2cc1C. The lowest BCUT2D eigenvalue weighted by atomic mass is 10.1. The number of aromatic amines is 1. The van der Waals surface area contributed by atoms with Gasteiger partial charge in [0.15, 0.2) is 0 Å². The van der Waals surface area contributed by atoms with Crippen molar-refractivity contribution in [3.05, 3.63) is 35.4 Å². The third kappa shape index (κ3) is 1.65. The first-order valence-electron chi connectivity index (χ1n) is 6.29. The molecule has 0 saturated carbocycles. The number of methoxy groups -OCH3 is 2. The number of rotatable bonds is 2. The first-order valence-corrected chi connectivity index (χ1v) is 6.29. The van der Waals surface area contributed by atoms with Crippen LogP contribution < -0.4 is 9.47 Å². The Kier molecular flexibility index (Phi) is 2.63. The zero-order valence-electron chi connectivity index (χ0n) is 11.6. The van der Waals surface area contributed by atoms with Crippen LogP contribution >= 0.6 is 0 Å². The van der Waals surface area contributed by atoms with E-state index in [0.29, 0.717) is 0 Å². The van der Waals surface area contributed by atoms with E-state index in [-0.39, 0.29) is 0 Å². The molecule has 3 nitrogen and oxygen atoms in total. The Morgan fingerprint density at radius 1 is 0.895 bits per heavy atom. The number of H-pyrrole nitrogens is 1. The second kappa shape index (κ2) is 4.19. The Morgan fingerprint density at radius 3 is 2.37 bits per heavy atom. The predicted molar refractivity (Wildman–Crippen MR) is 78.4 cm³/mol. The second-order valence-corrected chi connectivity index (χ2v) is 4.83. The van der Waals surface area contributed by atoms with Gasteiger partial charge >= 0.3 is 0 Å². The van der Waals surface area contributed by atoms with Crippen molar-refractivity contribution in [1.29, 1.82) is 0 Å². The van der Waals surface area contributed by atoms with Gasteiger partial charge in [0.2, 0.25) is 0 Å². The van der Waals surface area contributed by atoms with E-state index >= 15 is 0 Å². The summed E-state index contributed by atoms with van der Waals surface area (Å²) in [5.41, 5.74) is 4.38. The van der Waals surface area contributed by atoms with Gasteiger partial charge in [0.25, 0.3) is 0 Å². The molecule has 0 aliphatic rings. The van der Waals surface area contributed by atoms with Crippen LogP contribution in [0.1, 0.15) is 11.1 Å². The normalized spacial score (nSPS) is 11.2. The fourth-order valence-electron chi connectivity index (χ4n) is 2.67. The highest BCUT2D eigenvalue weighted by atomic mass is 16.5. The average Bonchev–Trinajstić information content (AvgIpc) is 2.75. The van der Waals surface area contributed by atoms with Crippen molar-refractivity contribution >= 4 is 21.8 Å². The molecular weight excluding hydrogens is 238 g/mol. The molecule has 1 N–H and O–H groups in total. The zero-order chi connectivity index (χ0) is 13.6. The smallest absolute Gasteiger partial charge is 0.145 e. The number of ether oxygens (including phenoxy) is 2. The van der Waals surface area contributed by atoms with Gasteiger partial charge in [0, 0.05) is 16.8 Å². The van der Waals surface area contributed by atoms with Crippen molar-refractivity contribution in [2.45, 2.75) is 13.8 Å². The lowest BCUT2D eigenvalue weighted by Crippen LogP contribution is -1.87. The summed E-state index contributed by atoms with van der Waals surface area (Å²) in [6, 6.07) is 8.42. The Balaban J connectivity index is 2.45. The number of aryl methyl sites for hydroxylation is 2. The highest BCUT2D eigenvalue weighted by Gasteiger charge is 2.12. The minimum atomic E-state index is 0.898. The minimum absolute atomic E-state index is 0.898. The summed E-state index contributed by atoms with van der Waals surface area (Å²) in [4.78, 5) is 3.44. The van der Waals surface area contributed by atoms with E-state index in [1.54, 1.807) is 14.2 Å². The molecule has 0 radical (unpaired) electrons. The van der Waals surface area contributed by atoms with Crippen LogP contribution in [-0.2, 0) is 0 Å². The molecule has 0 spiro atoms. The van der Waals surface area contributed by atoms with Crippen LogP contribution in [0.3, 0.4) is 0 Å². The maximum Gasteiger partial charge on any atom is 0.145 e. The molecule has 0 aliphatic heterocycles. The van der Waals surface area contributed by atoms with Crippen LogP contribution in [-0.4, -0.2) is 19.2 Å². The van der Waals surface area contributed by atoms with Gasteiger partial charge in [-0.25, -0.2) is 0 Å². The summed E-state index contributed by atoms with van der Waals surface area (Å²) in [7, 11) is 3.40. The minimum Gasteiger partial charge on any atom is -0.496 e. The molecule has 0 atom stereocenters. The molecule has 0 unspecified atom stereocenters. The third-order valence-electron chi connectivity index (χ3n) is 3.64. The zero-order valence-corrected chi connectivity index (χ0v) is 11.6. The average molecular weight is 255 g/mol. The summed E-state index contributed by atoms with van der Waals surface area (Å²) >= 11 is 0. The molecule has 3 heteroatoms. The van der Waals surface area contributed by atoms with Crippen molar-refractivity contribution in [2.24, 2.45) is 0 Å². The van der Waals surface area contributed by atoms with Gasteiger partial charge in [-0.2, -0.15) is 0 Å². The maximum atomic E-state index is 5.51. The summed E-state index contributed by atoms with van der Waals surface area (Å²) in [6.45, 7) is 4.11. The molecule has 0 aliphatic carbocycles. The lowest BCUT2D eigenvalue weighted by Gasteiger charge is -2.05. The van der Waals surface area contributed by atoms with Crippen LogP contribution in [0.2, 0.25) is 0 Å². The number of hydrogen-bond donors (Lipinski definition) is 1. The Hall–Kier alpha value is -2.16. The topological polar surface area (TPSA) is 34.2 Å². The Labute approximate surface area is 112 Å². The standard InChI is InChI=1S/C16H17NO2/c1-9-5-6-11-12-7-10(2)14(18-3)8-13(12)17-15(11)16(9)19-4/h5-8,17H,1-4H3. The van der Waals surface area contributed by atoms with Crippen LogP contribution in [0.5, 0.6) is 11.5 Å². The fraction of sp³-hybridized carbons (Fsp3) is 0.250. The highest BCUT2D eigenvalue weighted by Crippen LogP contribution is 2.36. The Bertz CT molecular complexity index is 771. The largest absolute Gasteiger partial charge is 0.496 e. The summed E-state index contributed by atoms with van der Waals surface area (Å²) in [6.07, 6.45) is 0. The molecule has 1 aromatic heterocycles. The van der Waals surface area contributed by atoms with Crippen molar-refractivity contribution in [3.8, 4) is 11.5 Å². The van der Waals surface area contributed by atoms with Crippen molar-refractivity contribution in [2.75, 3.05) is 14.2 Å². The van der Waals surface area contributed by atoms with Crippen molar-refractivity contribution < 1.29 is 9.47 Å². The first kappa shape index (κ1) is 11.9. The molecule has 2 aromatic carbocycles. The van der Waals surface area contributed by atoms with Gasteiger partial charge in [-0.15, -0.1) is 0 Å². The van der Waals surface area contributed by atoms with Gasteiger partial charge in [0.1, 0.15) is 11.5 Å². The van der Waals surface area contributed by atoms with E-state index in [2.05, 4.69) is 37.0 Å². The van der Waals surface area contributed by atoms with Crippen LogP contribution in [0.25, 0.3) is 21.8 Å². The third-order valence-corrected chi connectivity index (χ3v) is 3.64. The van der Waals surface area contributed by atoms with Crippen LogP contribution in [0, 0.1) is 13.8 Å². The molecule has 0 bridgehead atoms. The van der Waals surface area contributed by atoms with E-state index in [4.69, 9.17) is 9.47 Å². The van der Waals surface area contributed by atoms with Gasteiger partial charge < -0.3 is 14.5 Å². The highest BCUT2D eigenvalue weighted by molar-refractivity contribution is 6.10. The number of nitrogens with one attached hydrogen (secondary N) is 1. The van der Waals surface area contributed by atoms with Crippen LogP contribution in [0.15, 0.2) is 24.3 Å². The van der Waals surface area contributed by atoms with Crippen LogP contribution in [0.4, 0.5) is 0 Å².